The summed E-state index contributed by atoms with van der Waals surface area (Å²) in [6.45, 7) is 1.43. The highest BCUT2D eigenvalue weighted by atomic mass is 35.5. The van der Waals surface area contributed by atoms with Gasteiger partial charge in [0.1, 0.15) is 11.6 Å². The summed E-state index contributed by atoms with van der Waals surface area (Å²) >= 11 is 7.41. The molecule has 0 aliphatic carbocycles. The van der Waals surface area contributed by atoms with Crippen LogP contribution < -0.4 is 5.56 Å². The smallest absolute Gasteiger partial charge is 0.266 e. The molecule has 0 saturated carbocycles. The number of rotatable bonds is 5. The van der Waals surface area contributed by atoms with Crippen LogP contribution in [0.2, 0.25) is 5.02 Å². The lowest BCUT2D eigenvalue weighted by atomic mass is 10.1. The molecule has 1 aromatic heterocycles. The Morgan fingerprint density at radius 1 is 0.972 bits per heavy atom. The molecule has 5 nitrogen and oxygen atoms in total. The van der Waals surface area contributed by atoms with E-state index in [0.717, 1.165) is 19.3 Å². The van der Waals surface area contributed by atoms with Crippen molar-refractivity contribution in [1.29, 1.82) is 0 Å². The van der Waals surface area contributed by atoms with E-state index < -0.39 is 11.6 Å². The number of thioether (sulfide) groups is 1. The Morgan fingerprint density at radius 2 is 1.75 bits per heavy atom. The number of piperidine rings is 1. The lowest BCUT2D eigenvalue weighted by Crippen LogP contribution is -2.35. The third-order valence-corrected chi connectivity index (χ3v) is 7.51. The van der Waals surface area contributed by atoms with Crippen LogP contribution in [0.15, 0.2) is 70.6 Å². The van der Waals surface area contributed by atoms with E-state index in [9.17, 15) is 18.4 Å². The zero-order chi connectivity index (χ0) is 25.2. The lowest BCUT2D eigenvalue weighted by molar-refractivity contribution is 0.0724. The Morgan fingerprint density at radius 3 is 2.50 bits per heavy atom. The van der Waals surface area contributed by atoms with Gasteiger partial charge < -0.3 is 4.90 Å². The first-order chi connectivity index (χ1) is 17.4. The van der Waals surface area contributed by atoms with Crippen molar-refractivity contribution in [2.45, 2.75) is 30.2 Å². The molecule has 36 heavy (non-hydrogen) atoms. The molecule has 0 atom stereocenters. The number of hydrogen-bond acceptors (Lipinski definition) is 4. The molecule has 1 aliphatic rings. The minimum absolute atomic E-state index is 0.0833. The number of aromatic nitrogens is 2. The summed E-state index contributed by atoms with van der Waals surface area (Å²) in [5.74, 6) is -0.710. The van der Waals surface area contributed by atoms with Crippen molar-refractivity contribution in [1.82, 2.24) is 14.5 Å². The summed E-state index contributed by atoms with van der Waals surface area (Å²) in [5, 5.41) is 0.886. The Balaban J connectivity index is 1.59. The second kappa shape index (κ2) is 10.4. The molecular formula is C27H22ClF2N3O2S. The van der Waals surface area contributed by atoms with Crippen LogP contribution in [0.1, 0.15) is 35.2 Å². The van der Waals surface area contributed by atoms with E-state index in [2.05, 4.69) is 0 Å². The van der Waals surface area contributed by atoms with Gasteiger partial charge in [0.25, 0.3) is 11.5 Å². The number of nitrogens with zero attached hydrogens (tertiary/aromatic N) is 3. The van der Waals surface area contributed by atoms with Gasteiger partial charge in [-0.25, -0.2) is 13.8 Å². The van der Waals surface area contributed by atoms with Crippen molar-refractivity contribution in [3.63, 3.8) is 0 Å². The van der Waals surface area contributed by atoms with Gasteiger partial charge in [0.2, 0.25) is 0 Å². The molecule has 0 radical (unpaired) electrons. The van der Waals surface area contributed by atoms with E-state index in [1.165, 1.54) is 46.7 Å². The molecule has 0 unspecified atom stereocenters. The van der Waals surface area contributed by atoms with E-state index >= 15 is 0 Å². The van der Waals surface area contributed by atoms with E-state index in [1.54, 1.807) is 30.3 Å². The fourth-order valence-electron chi connectivity index (χ4n) is 4.30. The summed E-state index contributed by atoms with van der Waals surface area (Å²) in [4.78, 5) is 33.2. The highest BCUT2D eigenvalue weighted by molar-refractivity contribution is 7.98. The second-order valence-electron chi connectivity index (χ2n) is 8.62. The number of benzene rings is 3. The second-order valence-corrected chi connectivity index (χ2v) is 9.97. The zero-order valence-electron chi connectivity index (χ0n) is 19.2. The number of likely N-dealkylation sites (tertiary alicyclic amines) is 1. The van der Waals surface area contributed by atoms with Crippen LogP contribution in [0, 0.1) is 11.6 Å². The van der Waals surface area contributed by atoms with Crippen LogP contribution in [0.5, 0.6) is 0 Å². The standard InChI is InChI=1S/C27H22ClF2N3O2S/c28-23-15-20(30)9-7-18(23)16-36-27-31-24-13-17(25(34)32-11-2-1-3-12-32)8-10-22(24)26(35)33(27)21-6-4-5-19(29)14-21/h4-10,13-15H,1-3,11-12,16H2. The Labute approximate surface area is 215 Å². The maximum absolute atomic E-state index is 14.1. The predicted octanol–water partition coefficient (Wildman–Crippen LogP) is 6.24. The highest BCUT2D eigenvalue weighted by Crippen LogP contribution is 2.29. The van der Waals surface area contributed by atoms with Crippen LogP contribution >= 0.6 is 23.4 Å². The molecule has 9 heteroatoms. The van der Waals surface area contributed by atoms with Gasteiger partial charge >= 0.3 is 0 Å². The number of hydrogen-bond donors (Lipinski definition) is 0. The summed E-state index contributed by atoms with van der Waals surface area (Å²) in [7, 11) is 0. The largest absolute Gasteiger partial charge is 0.339 e. The molecule has 1 fully saturated rings. The van der Waals surface area contributed by atoms with Gasteiger partial charge in [-0.1, -0.05) is 35.5 Å². The number of amides is 1. The van der Waals surface area contributed by atoms with E-state index in [0.29, 0.717) is 51.7 Å². The quantitative estimate of drug-likeness (QED) is 0.229. The molecule has 184 valence electrons. The lowest BCUT2D eigenvalue weighted by Gasteiger charge is -2.26. The van der Waals surface area contributed by atoms with Gasteiger partial charge in [0, 0.05) is 29.4 Å². The molecule has 4 aromatic rings. The summed E-state index contributed by atoms with van der Waals surface area (Å²) < 4.78 is 28.9. The maximum atomic E-state index is 14.1. The normalized spacial score (nSPS) is 13.8. The fraction of sp³-hybridized carbons (Fsp3) is 0.222. The van der Waals surface area contributed by atoms with Crippen LogP contribution in [0.3, 0.4) is 0 Å². The van der Waals surface area contributed by atoms with Crippen molar-refractivity contribution >= 4 is 40.2 Å². The zero-order valence-corrected chi connectivity index (χ0v) is 20.8. The minimum atomic E-state index is -0.487. The monoisotopic (exact) mass is 525 g/mol. The average molecular weight is 526 g/mol. The summed E-state index contributed by atoms with van der Waals surface area (Å²) in [6.07, 6.45) is 3.06. The van der Waals surface area contributed by atoms with Crippen molar-refractivity contribution in [2.75, 3.05) is 13.1 Å². The van der Waals surface area contributed by atoms with Gasteiger partial charge in [-0.3, -0.25) is 14.2 Å². The number of carbonyl (C=O) groups is 1. The first-order valence-corrected chi connectivity index (χ1v) is 13.0. The molecule has 1 saturated heterocycles. The molecule has 5 rings (SSSR count). The molecule has 0 spiro atoms. The van der Waals surface area contributed by atoms with Gasteiger partial charge in [-0.15, -0.1) is 0 Å². The molecule has 0 N–H and O–H groups in total. The molecule has 1 aliphatic heterocycles. The molecule has 3 aromatic carbocycles. The SMILES string of the molecule is O=C(c1ccc2c(=O)n(-c3cccc(F)c3)c(SCc3ccc(F)cc3Cl)nc2c1)N1CCCCC1. The molecule has 0 bridgehead atoms. The van der Waals surface area contributed by atoms with E-state index in [-0.39, 0.29) is 16.5 Å². The van der Waals surface area contributed by atoms with Gasteiger partial charge in [-0.2, -0.15) is 0 Å². The van der Waals surface area contributed by atoms with E-state index in [4.69, 9.17) is 16.6 Å². The molecular weight excluding hydrogens is 504 g/mol. The van der Waals surface area contributed by atoms with Crippen molar-refractivity contribution < 1.29 is 13.6 Å². The molecule has 2 heterocycles. The highest BCUT2D eigenvalue weighted by Gasteiger charge is 2.20. The maximum Gasteiger partial charge on any atom is 0.266 e. The number of carbonyl (C=O) groups excluding carboxylic acids is 1. The molecule has 1 amide bonds. The third kappa shape index (κ3) is 5.01. The summed E-state index contributed by atoms with van der Waals surface area (Å²) in [6, 6.07) is 14.7. The van der Waals surface area contributed by atoms with Gasteiger partial charge in [-0.05, 0) is 73.4 Å². The Hall–Kier alpha value is -3.23. The van der Waals surface area contributed by atoms with Crippen molar-refractivity contribution in [2.24, 2.45) is 0 Å². The van der Waals surface area contributed by atoms with Gasteiger partial charge in [0.05, 0.1) is 16.6 Å². The first kappa shape index (κ1) is 24.5. The minimum Gasteiger partial charge on any atom is -0.339 e. The number of halogens is 3. The Kier molecular flexibility index (Phi) is 7.07. The number of fused-ring (bicyclic) bond motifs is 1. The Bertz CT molecular complexity index is 1520. The fourth-order valence-corrected chi connectivity index (χ4v) is 5.63. The topological polar surface area (TPSA) is 55.2 Å². The third-order valence-electron chi connectivity index (χ3n) is 6.17. The van der Waals surface area contributed by atoms with Crippen LogP contribution in [-0.2, 0) is 5.75 Å². The van der Waals surface area contributed by atoms with Crippen LogP contribution in [0.4, 0.5) is 8.78 Å². The van der Waals surface area contributed by atoms with Crippen molar-refractivity contribution in [3.05, 3.63) is 98.8 Å². The first-order valence-electron chi connectivity index (χ1n) is 11.6. The van der Waals surface area contributed by atoms with E-state index in [1.807, 2.05) is 4.90 Å². The van der Waals surface area contributed by atoms with Crippen LogP contribution in [0.25, 0.3) is 16.6 Å². The average Bonchev–Trinajstić information content (AvgIpc) is 2.88. The predicted molar refractivity (Wildman–Crippen MR) is 138 cm³/mol. The van der Waals surface area contributed by atoms with Crippen molar-refractivity contribution in [3.8, 4) is 5.69 Å². The van der Waals surface area contributed by atoms with Gasteiger partial charge in [0.15, 0.2) is 5.16 Å². The van der Waals surface area contributed by atoms with Crippen LogP contribution in [-0.4, -0.2) is 33.4 Å². The summed E-state index contributed by atoms with van der Waals surface area (Å²) in [5.41, 5.74) is 1.46.